The predicted molar refractivity (Wildman–Crippen MR) is 112 cm³/mol. The van der Waals surface area contributed by atoms with Gasteiger partial charge in [-0.2, -0.15) is 0 Å². The van der Waals surface area contributed by atoms with Gasteiger partial charge >= 0.3 is 5.97 Å². The number of hydrogen-bond acceptors (Lipinski definition) is 4. The van der Waals surface area contributed by atoms with E-state index in [1.54, 1.807) is 36.4 Å². The lowest BCUT2D eigenvalue weighted by molar-refractivity contribution is -0.119. The van der Waals surface area contributed by atoms with Gasteiger partial charge in [0.2, 0.25) is 0 Å². The van der Waals surface area contributed by atoms with Gasteiger partial charge in [0.05, 0.1) is 5.56 Å². The number of benzene rings is 3. The Morgan fingerprint density at radius 3 is 2.31 bits per heavy atom. The maximum atomic E-state index is 12.2. The predicted octanol–water partition coefficient (Wildman–Crippen LogP) is 4.68. The molecule has 0 aliphatic heterocycles. The lowest BCUT2D eigenvalue weighted by Crippen LogP contribution is -2.21. The summed E-state index contributed by atoms with van der Waals surface area (Å²) < 4.78 is 10.9. The Hall–Kier alpha value is -3.60. The summed E-state index contributed by atoms with van der Waals surface area (Å²) in [5.41, 5.74) is 4.00. The van der Waals surface area contributed by atoms with E-state index in [0.717, 1.165) is 16.7 Å². The summed E-state index contributed by atoms with van der Waals surface area (Å²) in [5.74, 6) is -0.208. The summed E-state index contributed by atoms with van der Waals surface area (Å²) in [6.45, 7) is 3.90. The molecule has 0 saturated carbocycles. The van der Waals surface area contributed by atoms with Crippen molar-refractivity contribution in [1.82, 2.24) is 0 Å². The maximum Gasteiger partial charge on any atom is 0.338 e. The fourth-order valence-corrected chi connectivity index (χ4v) is 2.75. The van der Waals surface area contributed by atoms with E-state index < -0.39 is 11.9 Å². The quantitative estimate of drug-likeness (QED) is 0.596. The van der Waals surface area contributed by atoms with Gasteiger partial charge < -0.3 is 14.8 Å². The highest BCUT2D eigenvalue weighted by Crippen LogP contribution is 2.17. The molecule has 0 unspecified atom stereocenters. The molecule has 0 spiro atoms. The van der Waals surface area contributed by atoms with Crippen molar-refractivity contribution in [3.05, 3.63) is 95.1 Å². The molecule has 3 rings (SSSR count). The average Bonchev–Trinajstić information content (AvgIpc) is 2.74. The highest BCUT2D eigenvalue weighted by molar-refractivity contribution is 5.96. The number of carbonyl (C=O) groups excluding carboxylic acids is 2. The topological polar surface area (TPSA) is 64.6 Å². The molecule has 1 amide bonds. The van der Waals surface area contributed by atoms with Gasteiger partial charge in [-0.3, -0.25) is 4.79 Å². The van der Waals surface area contributed by atoms with E-state index in [-0.39, 0.29) is 6.61 Å². The normalized spacial score (nSPS) is 10.3. The fourth-order valence-electron chi connectivity index (χ4n) is 2.75. The highest BCUT2D eigenvalue weighted by atomic mass is 16.5. The third kappa shape index (κ3) is 5.69. The van der Waals surface area contributed by atoms with Crippen molar-refractivity contribution in [3.8, 4) is 5.75 Å². The number of carbonyl (C=O) groups is 2. The molecule has 0 heterocycles. The molecular weight excluding hydrogens is 366 g/mol. The summed E-state index contributed by atoms with van der Waals surface area (Å²) in [5, 5.41) is 2.70. The molecule has 0 atom stereocenters. The van der Waals surface area contributed by atoms with Crippen LogP contribution in [0.5, 0.6) is 5.75 Å². The number of rotatable bonds is 7. The molecule has 29 heavy (non-hydrogen) atoms. The average molecular weight is 389 g/mol. The second kappa shape index (κ2) is 9.55. The number of hydrogen-bond donors (Lipinski definition) is 1. The van der Waals surface area contributed by atoms with Crippen LogP contribution in [-0.2, 0) is 16.1 Å². The minimum Gasteiger partial charge on any atom is -0.489 e. The van der Waals surface area contributed by atoms with Crippen molar-refractivity contribution in [2.45, 2.75) is 20.5 Å². The summed E-state index contributed by atoms with van der Waals surface area (Å²) in [4.78, 5) is 24.3. The van der Waals surface area contributed by atoms with E-state index in [1.807, 2.05) is 50.2 Å². The molecular formula is C24H23NO4. The molecule has 0 radical (unpaired) electrons. The number of nitrogens with one attached hydrogen (secondary N) is 1. The Morgan fingerprint density at radius 1 is 0.862 bits per heavy atom. The van der Waals surface area contributed by atoms with Crippen LogP contribution in [0.3, 0.4) is 0 Å². The van der Waals surface area contributed by atoms with Crippen molar-refractivity contribution < 1.29 is 19.1 Å². The molecule has 0 aromatic heterocycles. The summed E-state index contributed by atoms with van der Waals surface area (Å²) in [7, 11) is 0. The van der Waals surface area contributed by atoms with Gasteiger partial charge in [-0.05, 0) is 60.9 Å². The van der Waals surface area contributed by atoms with Crippen molar-refractivity contribution in [3.63, 3.8) is 0 Å². The van der Waals surface area contributed by atoms with E-state index in [4.69, 9.17) is 9.47 Å². The third-order valence-electron chi connectivity index (χ3n) is 4.55. The van der Waals surface area contributed by atoms with Crippen LogP contribution in [0.15, 0.2) is 72.8 Å². The van der Waals surface area contributed by atoms with Gasteiger partial charge in [-0.15, -0.1) is 0 Å². The van der Waals surface area contributed by atoms with Crippen LogP contribution >= 0.6 is 0 Å². The lowest BCUT2D eigenvalue weighted by atomic mass is 10.0. The van der Waals surface area contributed by atoms with Crippen molar-refractivity contribution in [2.24, 2.45) is 0 Å². The zero-order valence-corrected chi connectivity index (χ0v) is 16.5. The first-order valence-corrected chi connectivity index (χ1v) is 9.33. The minimum atomic E-state index is -0.508. The van der Waals surface area contributed by atoms with Crippen LogP contribution in [-0.4, -0.2) is 18.5 Å². The number of ether oxygens (including phenoxy) is 2. The van der Waals surface area contributed by atoms with Crippen LogP contribution < -0.4 is 10.1 Å². The van der Waals surface area contributed by atoms with Gasteiger partial charge in [0, 0.05) is 5.69 Å². The number of aryl methyl sites for hydroxylation is 1. The monoisotopic (exact) mass is 389 g/mol. The molecule has 1 N–H and O–H groups in total. The molecule has 0 aliphatic carbocycles. The van der Waals surface area contributed by atoms with Crippen molar-refractivity contribution >= 4 is 17.6 Å². The molecule has 0 fully saturated rings. The van der Waals surface area contributed by atoms with E-state index in [9.17, 15) is 9.59 Å². The molecule has 148 valence electrons. The van der Waals surface area contributed by atoms with E-state index in [2.05, 4.69) is 5.32 Å². The van der Waals surface area contributed by atoms with Gasteiger partial charge in [-0.1, -0.05) is 42.5 Å². The van der Waals surface area contributed by atoms with Crippen LogP contribution in [0.2, 0.25) is 0 Å². The summed E-state index contributed by atoms with van der Waals surface area (Å²) in [6, 6.07) is 22.3. The van der Waals surface area contributed by atoms with Gasteiger partial charge in [0.1, 0.15) is 12.4 Å². The zero-order valence-electron chi connectivity index (χ0n) is 16.5. The molecule has 5 nitrogen and oxygen atoms in total. The molecule has 3 aromatic rings. The zero-order chi connectivity index (χ0) is 20.6. The Morgan fingerprint density at radius 2 is 1.59 bits per heavy atom. The molecule has 5 heteroatoms. The number of amides is 1. The molecule has 0 aliphatic rings. The van der Waals surface area contributed by atoms with Crippen LogP contribution in [0.25, 0.3) is 0 Å². The number of esters is 1. The van der Waals surface area contributed by atoms with Gasteiger partial charge in [0.15, 0.2) is 6.61 Å². The van der Waals surface area contributed by atoms with E-state index in [1.165, 1.54) is 0 Å². The maximum absolute atomic E-state index is 12.2. The van der Waals surface area contributed by atoms with Crippen molar-refractivity contribution in [2.75, 3.05) is 11.9 Å². The Labute approximate surface area is 170 Å². The van der Waals surface area contributed by atoms with Crippen molar-refractivity contribution in [1.29, 1.82) is 0 Å². The number of anilines is 1. The van der Waals surface area contributed by atoms with Crippen LogP contribution in [0, 0.1) is 13.8 Å². The van der Waals surface area contributed by atoms with Gasteiger partial charge in [0.25, 0.3) is 5.91 Å². The Balaban J connectivity index is 1.48. The molecule has 3 aromatic carbocycles. The van der Waals surface area contributed by atoms with E-state index >= 15 is 0 Å². The third-order valence-corrected chi connectivity index (χ3v) is 4.55. The second-order valence-corrected chi connectivity index (χ2v) is 6.67. The largest absolute Gasteiger partial charge is 0.489 e. The SMILES string of the molecule is Cc1cccc(C(=O)OCC(=O)Nc2ccc(OCc3ccccc3)cc2)c1C. The van der Waals surface area contributed by atoms with Crippen LogP contribution in [0.4, 0.5) is 5.69 Å². The standard InChI is InChI=1S/C24H23NO4/c1-17-7-6-10-22(18(17)2)24(27)29-16-23(26)25-20-11-13-21(14-12-20)28-15-19-8-4-3-5-9-19/h3-14H,15-16H2,1-2H3,(H,25,26). The summed E-state index contributed by atoms with van der Waals surface area (Å²) in [6.07, 6.45) is 0. The first-order valence-electron chi connectivity index (χ1n) is 9.33. The molecule has 0 saturated heterocycles. The first kappa shape index (κ1) is 20.1. The highest BCUT2D eigenvalue weighted by Gasteiger charge is 2.13. The second-order valence-electron chi connectivity index (χ2n) is 6.67. The Bertz CT molecular complexity index is 982. The minimum absolute atomic E-state index is 0.349. The van der Waals surface area contributed by atoms with Crippen LogP contribution in [0.1, 0.15) is 27.0 Å². The summed E-state index contributed by atoms with van der Waals surface area (Å²) >= 11 is 0. The fraction of sp³-hybridized carbons (Fsp3) is 0.167. The lowest BCUT2D eigenvalue weighted by Gasteiger charge is -2.10. The van der Waals surface area contributed by atoms with Gasteiger partial charge in [-0.25, -0.2) is 4.79 Å². The Kier molecular flexibility index (Phi) is 6.63. The first-order chi connectivity index (χ1) is 14.0. The smallest absolute Gasteiger partial charge is 0.338 e. The van der Waals surface area contributed by atoms with E-state index in [0.29, 0.717) is 23.6 Å². The molecule has 0 bridgehead atoms.